The quantitative estimate of drug-likeness (QED) is 0.937. The number of hydrogen-bond acceptors (Lipinski definition) is 4. The molecule has 1 aliphatic heterocycles. The Balaban J connectivity index is 1.53. The normalized spacial score (nSPS) is 16.8. The third-order valence-electron chi connectivity index (χ3n) is 4.62. The molecule has 1 saturated heterocycles. The van der Waals surface area contributed by atoms with E-state index in [0.717, 1.165) is 37.4 Å². The minimum Gasteiger partial charge on any atom is -0.508 e. The zero-order valence-electron chi connectivity index (χ0n) is 13.9. The number of aromatic nitrogens is 1. The Morgan fingerprint density at radius 1 is 1.12 bits per heavy atom. The summed E-state index contributed by atoms with van der Waals surface area (Å²) < 4.78 is 0. The SMILES string of the molecule is C[C@@H](c1ccccn1)N1CCN(C(=O)Cc2ccc(O)cc2)CC1. The number of pyridine rings is 1. The van der Waals surface area contributed by atoms with Crippen LogP contribution in [-0.4, -0.2) is 52.0 Å². The minimum absolute atomic E-state index is 0.144. The molecule has 0 bridgehead atoms. The van der Waals surface area contributed by atoms with Gasteiger partial charge in [0, 0.05) is 38.4 Å². The first-order valence-electron chi connectivity index (χ1n) is 8.34. The number of aromatic hydroxyl groups is 1. The summed E-state index contributed by atoms with van der Waals surface area (Å²) in [6.45, 7) is 5.37. The first kappa shape index (κ1) is 16.5. The number of phenolic OH excluding ortho intramolecular Hbond substituents is 1. The van der Waals surface area contributed by atoms with Crippen molar-refractivity contribution in [2.75, 3.05) is 26.2 Å². The average Bonchev–Trinajstić information content (AvgIpc) is 2.64. The summed E-state index contributed by atoms with van der Waals surface area (Å²) in [5, 5.41) is 9.31. The Kier molecular flexibility index (Phi) is 5.11. The number of piperazine rings is 1. The molecule has 1 aliphatic rings. The molecule has 126 valence electrons. The largest absolute Gasteiger partial charge is 0.508 e. The molecule has 2 aromatic rings. The number of phenols is 1. The lowest BCUT2D eigenvalue weighted by atomic mass is 10.1. The van der Waals surface area contributed by atoms with Gasteiger partial charge in [-0.1, -0.05) is 18.2 Å². The van der Waals surface area contributed by atoms with Gasteiger partial charge in [-0.25, -0.2) is 0 Å². The summed E-state index contributed by atoms with van der Waals surface area (Å²) >= 11 is 0. The Hall–Kier alpha value is -2.40. The van der Waals surface area contributed by atoms with Crippen molar-refractivity contribution in [1.29, 1.82) is 0 Å². The second-order valence-electron chi connectivity index (χ2n) is 6.19. The number of amides is 1. The number of hydrogen-bond donors (Lipinski definition) is 1. The lowest BCUT2D eigenvalue weighted by Crippen LogP contribution is -2.49. The Bertz CT molecular complexity index is 665. The molecular weight excluding hydrogens is 302 g/mol. The molecule has 0 unspecified atom stereocenters. The maximum Gasteiger partial charge on any atom is 0.227 e. The van der Waals surface area contributed by atoms with Crippen molar-refractivity contribution in [3.63, 3.8) is 0 Å². The third kappa shape index (κ3) is 3.92. The van der Waals surface area contributed by atoms with Crippen LogP contribution in [-0.2, 0) is 11.2 Å². The van der Waals surface area contributed by atoms with E-state index in [-0.39, 0.29) is 17.7 Å². The molecule has 1 N–H and O–H groups in total. The van der Waals surface area contributed by atoms with Gasteiger partial charge in [0.25, 0.3) is 0 Å². The topological polar surface area (TPSA) is 56.7 Å². The summed E-state index contributed by atoms with van der Waals surface area (Å²) in [5.74, 6) is 0.370. The van der Waals surface area contributed by atoms with Crippen molar-refractivity contribution in [2.24, 2.45) is 0 Å². The van der Waals surface area contributed by atoms with Gasteiger partial charge in [-0.2, -0.15) is 0 Å². The predicted octanol–water partition coefficient (Wildman–Crippen LogP) is 2.24. The zero-order valence-corrected chi connectivity index (χ0v) is 13.9. The molecule has 2 heterocycles. The molecule has 1 atom stereocenters. The van der Waals surface area contributed by atoms with Crippen LogP contribution >= 0.6 is 0 Å². The van der Waals surface area contributed by atoms with Crippen molar-refractivity contribution in [3.8, 4) is 5.75 Å². The summed E-state index contributed by atoms with van der Waals surface area (Å²) in [6, 6.07) is 13.1. The van der Waals surface area contributed by atoms with E-state index in [0.29, 0.717) is 6.42 Å². The van der Waals surface area contributed by atoms with Crippen LogP contribution in [0, 0.1) is 0 Å². The fraction of sp³-hybridized carbons (Fsp3) is 0.368. The van der Waals surface area contributed by atoms with Crippen molar-refractivity contribution in [2.45, 2.75) is 19.4 Å². The van der Waals surface area contributed by atoms with Crippen LogP contribution in [0.4, 0.5) is 0 Å². The zero-order chi connectivity index (χ0) is 16.9. The first-order chi connectivity index (χ1) is 11.6. The summed E-state index contributed by atoms with van der Waals surface area (Å²) in [6.07, 6.45) is 2.21. The van der Waals surface area contributed by atoms with Crippen molar-refractivity contribution >= 4 is 5.91 Å². The van der Waals surface area contributed by atoms with E-state index in [1.807, 2.05) is 29.3 Å². The van der Waals surface area contributed by atoms with Gasteiger partial charge in [0.05, 0.1) is 12.1 Å². The second-order valence-corrected chi connectivity index (χ2v) is 6.19. The number of rotatable bonds is 4. The van der Waals surface area contributed by atoms with E-state index in [1.165, 1.54) is 0 Å². The maximum absolute atomic E-state index is 12.4. The fourth-order valence-corrected chi connectivity index (χ4v) is 3.07. The molecule has 3 rings (SSSR count). The third-order valence-corrected chi connectivity index (χ3v) is 4.62. The van der Waals surface area contributed by atoms with Gasteiger partial charge in [0.15, 0.2) is 0 Å². The van der Waals surface area contributed by atoms with E-state index in [4.69, 9.17) is 0 Å². The van der Waals surface area contributed by atoms with Crippen molar-refractivity contribution < 1.29 is 9.90 Å². The van der Waals surface area contributed by atoms with E-state index in [2.05, 4.69) is 16.8 Å². The molecule has 1 amide bonds. The van der Waals surface area contributed by atoms with Crippen molar-refractivity contribution in [1.82, 2.24) is 14.8 Å². The fourth-order valence-electron chi connectivity index (χ4n) is 3.07. The standard InChI is InChI=1S/C19H23N3O2/c1-15(18-4-2-3-9-20-18)21-10-12-22(13-11-21)19(24)14-16-5-7-17(23)8-6-16/h2-9,15,23H,10-14H2,1H3/t15-/m0/s1. The molecule has 5 nitrogen and oxygen atoms in total. The smallest absolute Gasteiger partial charge is 0.227 e. The Morgan fingerprint density at radius 2 is 1.83 bits per heavy atom. The molecule has 1 aromatic carbocycles. The molecular formula is C19H23N3O2. The highest BCUT2D eigenvalue weighted by atomic mass is 16.3. The molecule has 1 fully saturated rings. The van der Waals surface area contributed by atoms with Gasteiger partial charge in [-0.05, 0) is 36.8 Å². The lowest BCUT2D eigenvalue weighted by molar-refractivity contribution is -0.132. The highest BCUT2D eigenvalue weighted by Gasteiger charge is 2.25. The Labute approximate surface area is 142 Å². The monoisotopic (exact) mass is 325 g/mol. The number of benzene rings is 1. The van der Waals surface area contributed by atoms with Gasteiger partial charge in [0.2, 0.25) is 5.91 Å². The highest BCUT2D eigenvalue weighted by Crippen LogP contribution is 2.20. The van der Waals surface area contributed by atoms with E-state index in [9.17, 15) is 9.90 Å². The maximum atomic E-state index is 12.4. The molecule has 0 radical (unpaired) electrons. The molecule has 0 spiro atoms. The molecule has 24 heavy (non-hydrogen) atoms. The van der Waals surface area contributed by atoms with Crippen LogP contribution < -0.4 is 0 Å². The molecule has 1 aromatic heterocycles. The van der Waals surface area contributed by atoms with Crippen LogP contribution in [0.3, 0.4) is 0 Å². The van der Waals surface area contributed by atoms with Crippen LogP contribution in [0.15, 0.2) is 48.7 Å². The summed E-state index contributed by atoms with van der Waals surface area (Å²) in [7, 11) is 0. The van der Waals surface area contributed by atoms with E-state index >= 15 is 0 Å². The Morgan fingerprint density at radius 3 is 2.46 bits per heavy atom. The number of carbonyl (C=O) groups excluding carboxylic acids is 1. The second kappa shape index (κ2) is 7.45. The number of carbonyl (C=O) groups is 1. The molecule has 0 aliphatic carbocycles. The van der Waals surface area contributed by atoms with Crippen LogP contribution in [0.5, 0.6) is 5.75 Å². The highest BCUT2D eigenvalue weighted by molar-refractivity contribution is 5.78. The van der Waals surface area contributed by atoms with E-state index < -0.39 is 0 Å². The van der Waals surface area contributed by atoms with Crippen LogP contribution in [0.1, 0.15) is 24.2 Å². The van der Waals surface area contributed by atoms with Gasteiger partial charge in [-0.3, -0.25) is 14.7 Å². The summed E-state index contributed by atoms with van der Waals surface area (Å²) in [5.41, 5.74) is 2.00. The molecule has 5 heteroatoms. The first-order valence-corrected chi connectivity index (χ1v) is 8.34. The molecule has 0 saturated carbocycles. The van der Waals surface area contributed by atoms with Crippen LogP contribution in [0.2, 0.25) is 0 Å². The average molecular weight is 325 g/mol. The predicted molar refractivity (Wildman–Crippen MR) is 92.6 cm³/mol. The van der Waals surface area contributed by atoms with Gasteiger partial charge in [0.1, 0.15) is 5.75 Å². The lowest BCUT2D eigenvalue weighted by Gasteiger charge is -2.37. The summed E-state index contributed by atoms with van der Waals surface area (Å²) in [4.78, 5) is 21.2. The van der Waals surface area contributed by atoms with Crippen LogP contribution in [0.25, 0.3) is 0 Å². The van der Waals surface area contributed by atoms with Gasteiger partial charge < -0.3 is 10.0 Å². The number of nitrogens with zero attached hydrogens (tertiary/aromatic N) is 3. The van der Waals surface area contributed by atoms with Crippen molar-refractivity contribution in [3.05, 3.63) is 59.9 Å². The minimum atomic E-state index is 0.144. The van der Waals surface area contributed by atoms with E-state index in [1.54, 1.807) is 24.3 Å². The van der Waals surface area contributed by atoms with Gasteiger partial charge in [-0.15, -0.1) is 0 Å². The van der Waals surface area contributed by atoms with Gasteiger partial charge >= 0.3 is 0 Å².